The Balaban J connectivity index is 3.66. The van der Waals surface area contributed by atoms with Crippen LogP contribution in [0.5, 0.6) is 0 Å². The number of hydrogen-bond acceptors (Lipinski definition) is 4. The molecular formula is C6H9NO3. The number of esters is 1. The molecule has 56 valence electrons. The highest BCUT2D eigenvalue weighted by Crippen LogP contribution is 1.93. The second-order valence-electron chi connectivity index (χ2n) is 1.54. The average Bonchev–Trinajstić information content (AvgIpc) is 1.99. The van der Waals surface area contributed by atoms with E-state index in [0.29, 0.717) is 0 Å². The fraction of sp³-hybridized carbons (Fsp3) is 0.667. The van der Waals surface area contributed by atoms with Gasteiger partial charge in [-0.15, -0.1) is 0 Å². The molecule has 0 amide bonds. The van der Waals surface area contributed by atoms with Gasteiger partial charge in [0.15, 0.2) is 0 Å². The predicted molar refractivity (Wildman–Crippen MR) is 32.8 cm³/mol. The quantitative estimate of drug-likeness (QED) is 0.424. The van der Waals surface area contributed by atoms with Crippen molar-refractivity contribution in [3.8, 4) is 6.07 Å². The first-order chi connectivity index (χ1) is 4.74. The first-order valence-corrected chi connectivity index (χ1v) is 2.86. The number of carbonyl (C=O) groups is 1. The number of hydrogen-bond donors (Lipinski definition) is 0. The normalized spacial score (nSPS) is 11.7. The first-order valence-electron chi connectivity index (χ1n) is 2.86. The highest BCUT2D eigenvalue weighted by atomic mass is 16.7. The lowest BCUT2D eigenvalue weighted by molar-refractivity contribution is -0.163. The Hall–Kier alpha value is -1.08. The molecule has 0 bridgehead atoms. The summed E-state index contributed by atoms with van der Waals surface area (Å²) in [7, 11) is 1.30. The van der Waals surface area contributed by atoms with Gasteiger partial charge in [0.25, 0.3) is 6.29 Å². The molecule has 0 radical (unpaired) electrons. The molecule has 0 rings (SSSR count). The van der Waals surface area contributed by atoms with Crippen LogP contribution in [-0.4, -0.2) is 19.4 Å². The third-order valence-corrected chi connectivity index (χ3v) is 0.847. The van der Waals surface area contributed by atoms with Gasteiger partial charge < -0.3 is 9.47 Å². The van der Waals surface area contributed by atoms with Crippen LogP contribution in [-0.2, 0) is 14.3 Å². The minimum atomic E-state index is -1.06. The van der Waals surface area contributed by atoms with Gasteiger partial charge in [-0.05, 0) is 0 Å². The van der Waals surface area contributed by atoms with Crippen LogP contribution >= 0.6 is 0 Å². The van der Waals surface area contributed by atoms with Gasteiger partial charge in [-0.1, -0.05) is 6.92 Å². The molecule has 4 nitrogen and oxygen atoms in total. The number of nitriles is 1. The lowest BCUT2D eigenvalue weighted by Crippen LogP contribution is -2.17. The Morgan fingerprint density at radius 3 is 2.70 bits per heavy atom. The van der Waals surface area contributed by atoms with Crippen LogP contribution in [0.3, 0.4) is 0 Å². The van der Waals surface area contributed by atoms with Crippen molar-refractivity contribution in [2.24, 2.45) is 0 Å². The van der Waals surface area contributed by atoms with E-state index in [9.17, 15) is 4.79 Å². The van der Waals surface area contributed by atoms with E-state index in [2.05, 4.69) is 9.47 Å². The smallest absolute Gasteiger partial charge is 0.308 e. The Kier molecular flexibility index (Phi) is 4.25. The molecule has 0 heterocycles. The molecule has 1 atom stereocenters. The van der Waals surface area contributed by atoms with Crippen LogP contribution in [0, 0.1) is 11.3 Å². The van der Waals surface area contributed by atoms with Crippen LogP contribution in [0.2, 0.25) is 0 Å². The van der Waals surface area contributed by atoms with Crippen molar-refractivity contribution in [1.82, 2.24) is 0 Å². The molecule has 0 fully saturated rings. The molecule has 0 aromatic rings. The van der Waals surface area contributed by atoms with Gasteiger partial charge in [0.05, 0.1) is 0 Å². The summed E-state index contributed by atoms with van der Waals surface area (Å²) in [4.78, 5) is 10.5. The summed E-state index contributed by atoms with van der Waals surface area (Å²) in [5.41, 5.74) is 0. The van der Waals surface area contributed by atoms with E-state index in [1.807, 2.05) is 0 Å². The van der Waals surface area contributed by atoms with E-state index in [0.717, 1.165) is 0 Å². The third kappa shape index (κ3) is 3.05. The summed E-state index contributed by atoms with van der Waals surface area (Å²) < 4.78 is 8.94. The maximum absolute atomic E-state index is 10.5. The van der Waals surface area contributed by atoms with E-state index in [4.69, 9.17) is 5.26 Å². The molecule has 0 aliphatic heterocycles. The van der Waals surface area contributed by atoms with Crippen LogP contribution < -0.4 is 0 Å². The zero-order valence-electron chi connectivity index (χ0n) is 5.96. The van der Waals surface area contributed by atoms with E-state index in [1.165, 1.54) is 7.11 Å². The Morgan fingerprint density at radius 1 is 1.80 bits per heavy atom. The zero-order chi connectivity index (χ0) is 7.98. The Morgan fingerprint density at radius 2 is 2.40 bits per heavy atom. The van der Waals surface area contributed by atoms with Crippen LogP contribution in [0.4, 0.5) is 0 Å². The van der Waals surface area contributed by atoms with Gasteiger partial charge in [0.1, 0.15) is 6.07 Å². The maximum atomic E-state index is 10.5. The van der Waals surface area contributed by atoms with Crippen LogP contribution in [0.15, 0.2) is 0 Å². The van der Waals surface area contributed by atoms with E-state index >= 15 is 0 Å². The van der Waals surface area contributed by atoms with Crippen molar-refractivity contribution < 1.29 is 14.3 Å². The SMILES string of the molecule is CCC(=O)OC(C#N)OC. The molecule has 0 aromatic heterocycles. The number of ether oxygens (including phenoxy) is 2. The molecule has 0 saturated carbocycles. The Labute approximate surface area is 59.3 Å². The molecule has 0 aliphatic carbocycles. The van der Waals surface area contributed by atoms with Crippen molar-refractivity contribution >= 4 is 5.97 Å². The fourth-order valence-corrected chi connectivity index (χ4v) is 0.330. The van der Waals surface area contributed by atoms with Gasteiger partial charge in [-0.3, -0.25) is 4.79 Å². The largest absolute Gasteiger partial charge is 0.422 e. The minimum Gasteiger partial charge on any atom is -0.422 e. The molecule has 0 saturated heterocycles. The number of rotatable bonds is 3. The summed E-state index contributed by atoms with van der Waals surface area (Å²) in [6.45, 7) is 1.65. The van der Waals surface area contributed by atoms with Gasteiger partial charge in [0.2, 0.25) is 0 Å². The summed E-state index contributed by atoms with van der Waals surface area (Å²) in [5, 5.41) is 8.22. The third-order valence-electron chi connectivity index (χ3n) is 0.847. The molecule has 0 aromatic carbocycles. The number of carbonyl (C=O) groups excluding carboxylic acids is 1. The summed E-state index contributed by atoms with van der Waals surface area (Å²) in [6.07, 6.45) is -0.811. The highest BCUT2D eigenvalue weighted by Gasteiger charge is 2.08. The summed E-state index contributed by atoms with van der Waals surface area (Å²) >= 11 is 0. The molecule has 0 N–H and O–H groups in total. The molecule has 0 aliphatic rings. The van der Waals surface area contributed by atoms with Gasteiger partial charge in [0, 0.05) is 13.5 Å². The monoisotopic (exact) mass is 143 g/mol. The Bertz CT molecular complexity index is 150. The lowest BCUT2D eigenvalue weighted by atomic mass is 10.5. The second kappa shape index (κ2) is 4.77. The highest BCUT2D eigenvalue weighted by molar-refractivity contribution is 5.69. The molecule has 0 spiro atoms. The van der Waals surface area contributed by atoms with Crippen molar-refractivity contribution in [3.05, 3.63) is 0 Å². The fourth-order valence-electron chi connectivity index (χ4n) is 0.330. The van der Waals surface area contributed by atoms with E-state index in [1.54, 1.807) is 13.0 Å². The van der Waals surface area contributed by atoms with Gasteiger partial charge in [-0.2, -0.15) is 5.26 Å². The van der Waals surface area contributed by atoms with Gasteiger partial charge in [-0.25, -0.2) is 0 Å². The van der Waals surface area contributed by atoms with Crippen LogP contribution in [0.25, 0.3) is 0 Å². The first kappa shape index (κ1) is 8.92. The van der Waals surface area contributed by atoms with Crippen molar-refractivity contribution in [1.29, 1.82) is 5.26 Å². The average molecular weight is 143 g/mol. The summed E-state index contributed by atoms with van der Waals surface area (Å²) in [5.74, 6) is -0.437. The van der Waals surface area contributed by atoms with E-state index < -0.39 is 12.3 Å². The molecular weight excluding hydrogens is 134 g/mol. The zero-order valence-corrected chi connectivity index (χ0v) is 5.96. The lowest BCUT2D eigenvalue weighted by Gasteiger charge is -2.06. The van der Waals surface area contributed by atoms with Crippen LogP contribution in [0.1, 0.15) is 13.3 Å². The summed E-state index contributed by atoms with van der Waals surface area (Å²) in [6, 6.07) is 1.65. The second-order valence-corrected chi connectivity index (χ2v) is 1.54. The maximum Gasteiger partial charge on any atom is 0.308 e. The predicted octanol–water partition coefficient (Wildman–Crippen LogP) is 0.436. The minimum absolute atomic E-state index is 0.252. The molecule has 1 unspecified atom stereocenters. The van der Waals surface area contributed by atoms with Crippen molar-refractivity contribution in [3.63, 3.8) is 0 Å². The molecule has 4 heteroatoms. The van der Waals surface area contributed by atoms with E-state index in [-0.39, 0.29) is 6.42 Å². The van der Waals surface area contributed by atoms with Crippen molar-refractivity contribution in [2.75, 3.05) is 7.11 Å². The molecule has 10 heavy (non-hydrogen) atoms. The number of methoxy groups -OCH3 is 1. The van der Waals surface area contributed by atoms with Crippen molar-refractivity contribution in [2.45, 2.75) is 19.6 Å². The number of nitrogens with zero attached hydrogens (tertiary/aromatic N) is 1. The topological polar surface area (TPSA) is 59.3 Å². The standard InChI is InChI=1S/C6H9NO3/c1-3-5(8)10-6(4-7)9-2/h6H,3H2,1-2H3. The van der Waals surface area contributed by atoms with Gasteiger partial charge >= 0.3 is 5.97 Å².